The number of benzene rings is 1. The molecule has 2 aliphatic carbocycles. The van der Waals surface area contributed by atoms with Crippen molar-refractivity contribution in [2.75, 3.05) is 0 Å². The lowest BCUT2D eigenvalue weighted by Crippen LogP contribution is -2.39. The van der Waals surface area contributed by atoms with Gasteiger partial charge >= 0.3 is 6.18 Å². The van der Waals surface area contributed by atoms with Crippen LogP contribution in [-0.4, -0.2) is 25.1 Å². The van der Waals surface area contributed by atoms with Crippen molar-refractivity contribution < 1.29 is 26.4 Å². The standard InChI is InChI=1S/C17H17F3N2O3S/c18-17(19,20)13-3-1-2-4-14(13)26(24,25)12-6-5-11(9-12)15(23)22-16(10-21)7-8-16/h1-4,11-12H,5-9H2,(H,22,23)/t11-,12-/m1/s1. The third kappa shape index (κ3) is 3.43. The topological polar surface area (TPSA) is 87.0 Å². The fraction of sp³-hybridized carbons (Fsp3) is 0.529. The zero-order chi connectivity index (χ0) is 19.2. The minimum atomic E-state index is -4.77. The van der Waals surface area contributed by atoms with E-state index < -0.39 is 49.1 Å². The molecule has 3 rings (SSSR count). The quantitative estimate of drug-likeness (QED) is 0.862. The van der Waals surface area contributed by atoms with Crippen molar-refractivity contribution in [3.05, 3.63) is 29.8 Å². The van der Waals surface area contributed by atoms with Crippen LogP contribution in [0.1, 0.15) is 37.7 Å². The lowest BCUT2D eigenvalue weighted by Gasteiger charge is -2.17. The Balaban J connectivity index is 1.78. The van der Waals surface area contributed by atoms with Gasteiger partial charge < -0.3 is 5.32 Å². The summed E-state index contributed by atoms with van der Waals surface area (Å²) in [4.78, 5) is 11.5. The molecule has 1 aromatic rings. The summed E-state index contributed by atoms with van der Waals surface area (Å²) in [5.74, 6) is -1.01. The third-order valence-electron chi connectivity index (χ3n) is 5.02. The van der Waals surface area contributed by atoms with Gasteiger partial charge in [-0.1, -0.05) is 12.1 Å². The minimum absolute atomic E-state index is 0.0398. The summed E-state index contributed by atoms with van der Waals surface area (Å²) in [5, 5.41) is 10.6. The first-order valence-electron chi connectivity index (χ1n) is 8.22. The summed E-state index contributed by atoms with van der Waals surface area (Å²) in [6.07, 6.45) is -3.31. The summed E-state index contributed by atoms with van der Waals surface area (Å²) in [5.41, 5.74) is -2.04. The number of halogens is 3. The number of carbonyl (C=O) groups excluding carboxylic acids is 1. The molecule has 0 saturated heterocycles. The molecule has 0 heterocycles. The molecule has 9 heteroatoms. The molecule has 140 valence electrons. The number of alkyl halides is 3. The maximum Gasteiger partial charge on any atom is 0.417 e. The van der Waals surface area contributed by atoms with Crippen LogP contribution in [0.25, 0.3) is 0 Å². The van der Waals surface area contributed by atoms with Crippen molar-refractivity contribution in [3.8, 4) is 6.07 Å². The normalized spacial score (nSPS) is 24.7. The lowest BCUT2D eigenvalue weighted by molar-refractivity contribution is -0.139. The molecule has 1 aromatic carbocycles. The predicted octanol–water partition coefficient (Wildman–Crippen LogP) is 2.82. The van der Waals surface area contributed by atoms with Crippen LogP contribution in [0.15, 0.2) is 29.2 Å². The number of amides is 1. The van der Waals surface area contributed by atoms with Gasteiger partial charge in [0.25, 0.3) is 0 Å². The van der Waals surface area contributed by atoms with Gasteiger partial charge in [0.2, 0.25) is 5.91 Å². The average Bonchev–Trinajstić information content (AvgIpc) is 3.17. The monoisotopic (exact) mass is 386 g/mol. The highest BCUT2D eigenvalue weighted by Crippen LogP contribution is 2.40. The molecular formula is C17H17F3N2O3S. The molecule has 5 nitrogen and oxygen atoms in total. The van der Waals surface area contributed by atoms with E-state index in [9.17, 15) is 26.4 Å². The largest absolute Gasteiger partial charge is 0.417 e. The Labute approximate surface area is 149 Å². The van der Waals surface area contributed by atoms with Gasteiger partial charge in [-0.25, -0.2) is 8.42 Å². The third-order valence-corrected chi connectivity index (χ3v) is 7.29. The maximum atomic E-state index is 13.1. The van der Waals surface area contributed by atoms with Crippen molar-refractivity contribution in [1.29, 1.82) is 5.26 Å². The first-order chi connectivity index (χ1) is 12.1. The van der Waals surface area contributed by atoms with Crippen LogP contribution in [0.4, 0.5) is 13.2 Å². The minimum Gasteiger partial charge on any atom is -0.338 e. The summed E-state index contributed by atoms with van der Waals surface area (Å²) < 4.78 is 64.9. The van der Waals surface area contributed by atoms with Gasteiger partial charge in [0.05, 0.1) is 21.8 Å². The van der Waals surface area contributed by atoms with Crippen molar-refractivity contribution in [2.24, 2.45) is 5.92 Å². The van der Waals surface area contributed by atoms with Gasteiger partial charge in [-0.2, -0.15) is 18.4 Å². The zero-order valence-electron chi connectivity index (χ0n) is 13.7. The van der Waals surface area contributed by atoms with Gasteiger partial charge in [-0.05, 0) is 44.2 Å². The van der Waals surface area contributed by atoms with Crippen molar-refractivity contribution in [1.82, 2.24) is 5.32 Å². The van der Waals surface area contributed by atoms with E-state index in [1.807, 2.05) is 6.07 Å². The van der Waals surface area contributed by atoms with Crippen LogP contribution in [-0.2, 0) is 20.8 Å². The number of nitrogens with zero attached hydrogens (tertiary/aromatic N) is 1. The molecule has 1 amide bonds. The van der Waals surface area contributed by atoms with Gasteiger partial charge in [-0.3, -0.25) is 4.79 Å². The molecule has 2 aliphatic rings. The molecule has 0 unspecified atom stereocenters. The fourth-order valence-electron chi connectivity index (χ4n) is 3.32. The second-order valence-corrected chi connectivity index (χ2v) is 9.05. The second-order valence-electron chi connectivity index (χ2n) is 6.85. The summed E-state index contributed by atoms with van der Waals surface area (Å²) in [7, 11) is -4.22. The number of carbonyl (C=O) groups is 1. The molecule has 0 bridgehead atoms. The van der Waals surface area contributed by atoms with E-state index in [2.05, 4.69) is 5.32 Å². The van der Waals surface area contributed by atoms with E-state index in [1.165, 1.54) is 6.07 Å². The first kappa shape index (κ1) is 18.7. The average molecular weight is 386 g/mol. The van der Waals surface area contributed by atoms with Gasteiger partial charge in [0.15, 0.2) is 9.84 Å². The van der Waals surface area contributed by atoms with E-state index >= 15 is 0 Å². The Kier molecular flexibility index (Phi) is 4.51. The van der Waals surface area contributed by atoms with E-state index in [-0.39, 0.29) is 19.3 Å². The zero-order valence-corrected chi connectivity index (χ0v) is 14.5. The Hall–Kier alpha value is -2.08. The molecule has 1 N–H and O–H groups in total. The molecule has 2 fully saturated rings. The number of sulfone groups is 1. The van der Waals surface area contributed by atoms with Gasteiger partial charge in [-0.15, -0.1) is 0 Å². The number of hydrogen-bond acceptors (Lipinski definition) is 4. The molecule has 0 aliphatic heterocycles. The van der Waals surface area contributed by atoms with E-state index in [1.54, 1.807) is 0 Å². The molecule has 2 atom stereocenters. The smallest absolute Gasteiger partial charge is 0.338 e. The highest BCUT2D eigenvalue weighted by molar-refractivity contribution is 7.92. The van der Waals surface area contributed by atoms with Crippen LogP contribution in [0.3, 0.4) is 0 Å². The number of nitriles is 1. The number of rotatable bonds is 4. The number of hydrogen-bond donors (Lipinski definition) is 1. The Morgan fingerprint density at radius 1 is 1.23 bits per heavy atom. The highest BCUT2D eigenvalue weighted by atomic mass is 32.2. The van der Waals surface area contributed by atoms with Gasteiger partial charge in [0, 0.05) is 5.92 Å². The SMILES string of the molecule is N#CC1(NC(=O)[C@@H]2CC[C@@H](S(=O)(=O)c3ccccc3C(F)(F)F)C2)CC1. The number of nitrogens with one attached hydrogen (secondary N) is 1. The van der Waals surface area contributed by atoms with Crippen LogP contribution in [0.5, 0.6) is 0 Å². The first-order valence-corrected chi connectivity index (χ1v) is 9.77. The fourth-order valence-corrected chi connectivity index (χ4v) is 5.37. The predicted molar refractivity (Wildman–Crippen MR) is 85.5 cm³/mol. The molecule has 0 radical (unpaired) electrons. The maximum absolute atomic E-state index is 13.1. The second kappa shape index (κ2) is 6.27. The van der Waals surface area contributed by atoms with Crippen LogP contribution in [0.2, 0.25) is 0 Å². The molecule has 0 aromatic heterocycles. The summed E-state index contributed by atoms with van der Waals surface area (Å²) in [6.45, 7) is 0. The van der Waals surface area contributed by atoms with Crippen molar-refractivity contribution >= 4 is 15.7 Å². The molecule has 0 spiro atoms. The van der Waals surface area contributed by atoms with E-state index in [4.69, 9.17) is 5.26 Å². The molecular weight excluding hydrogens is 369 g/mol. The Morgan fingerprint density at radius 3 is 2.46 bits per heavy atom. The highest BCUT2D eigenvalue weighted by Gasteiger charge is 2.48. The Bertz CT molecular complexity index is 870. The summed E-state index contributed by atoms with van der Waals surface area (Å²) in [6, 6.07) is 6.13. The van der Waals surface area contributed by atoms with Crippen LogP contribution >= 0.6 is 0 Å². The van der Waals surface area contributed by atoms with Crippen molar-refractivity contribution in [2.45, 2.75) is 54.0 Å². The van der Waals surface area contributed by atoms with Crippen LogP contribution in [0, 0.1) is 17.2 Å². The van der Waals surface area contributed by atoms with E-state index in [0.717, 1.165) is 18.2 Å². The lowest BCUT2D eigenvalue weighted by atomic mass is 10.1. The van der Waals surface area contributed by atoms with Gasteiger partial charge in [0.1, 0.15) is 5.54 Å². The van der Waals surface area contributed by atoms with E-state index in [0.29, 0.717) is 12.8 Å². The van der Waals surface area contributed by atoms with Crippen molar-refractivity contribution in [3.63, 3.8) is 0 Å². The Morgan fingerprint density at radius 2 is 1.88 bits per heavy atom. The molecule has 26 heavy (non-hydrogen) atoms. The summed E-state index contributed by atoms with van der Waals surface area (Å²) >= 11 is 0. The molecule has 2 saturated carbocycles. The van der Waals surface area contributed by atoms with Crippen LogP contribution < -0.4 is 5.32 Å².